The number of fused-ring (bicyclic) bond motifs is 1. The summed E-state index contributed by atoms with van der Waals surface area (Å²) in [6, 6.07) is 19.0. The first-order valence-corrected chi connectivity index (χ1v) is 11.9. The molecule has 0 saturated heterocycles. The Morgan fingerprint density at radius 3 is 2.49 bits per heavy atom. The minimum Gasteiger partial charge on any atom is -0.453 e. The smallest absolute Gasteiger partial charge is 0.406 e. The Morgan fingerprint density at radius 1 is 1.00 bits per heavy atom. The first-order chi connectivity index (χ1) is 17.7. The molecule has 194 valence electrons. The van der Waals surface area contributed by atoms with E-state index in [-0.39, 0.29) is 11.5 Å². The monoisotopic (exact) mass is 511 g/mol. The van der Waals surface area contributed by atoms with Crippen molar-refractivity contribution in [3.8, 4) is 11.1 Å². The number of alkyl halides is 3. The minimum absolute atomic E-state index is 0.172. The molecular formula is C28H28F3N3O3. The van der Waals surface area contributed by atoms with Crippen LogP contribution >= 0.6 is 0 Å². The fourth-order valence-electron chi connectivity index (χ4n) is 4.43. The maximum absolute atomic E-state index is 13.2. The molecule has 0 aromatic heterocycles. The molecule has 0 radical (unpaired) electrons. The number of anilines is 1. The van der Waals surface area contributed by atoms with Crippen molar-refractivity contribution in [2.45, 2.75) is 25.6 Å². The lowest BCUT2D eigenvalue weighted by Gasteiger charge is -2.29. The topological polar surface area (TPSA) is 70.7 Å². The molecule has 0 atom stereocenters. The van der Waals surface area contributed by atoms with Gasteiger partial charge in [-0.2, -0.15) is 13.2 Å². The number of rotatable bonds is 7. The molecule has 1 heterocycles. The summed E-state index contributed by atoms with van der Waals surface area (Å²) < 4.78 is 42.6. The molecule has 1 aliphatic heterocycles. The molecule has 1 aliphatic rings. The van der Waals surface area contributed by atoms with Gasteiger partial charge in [0.1, 0.15) is 0 Å². The molecule has 0 spiro atoms. The molecule has 9 heteroatoms. The lowest BCUT2D eigenvalue weighted by Crippen LogP contribution is -2.37. The van der Waals surface area contributed by atoms with E-state index in [1.807, 2.05) is 18.2 Å². The Kier molecular flexibility index (Phi) is 8.13. The number of methoxy groups -OCH3 is 1. The highest BCUT2D eigenvalue weighted by Crippen LogP contribution is 2.28. The number of hydrogen-bond donors (Lipinski definition) is 2. The number of ether oxygens (including phenoxy) is 1. The molecule has 4 rings (SSSR count). The number of carbonyl (C=O) groups excluding carboxylic acids is 2. The van der Waals surface area contributed by atoms with Crippen molar-refractivity contribution in [3.05, 3.63) is 89.0 Å². The second kappa shape index (κ2) is 11.5. The van der Waals surface area contributed by atoms with Crippen molar-refractivity contribution in [1.29, 1.82) is 0 Å². The van der Waals surface area contributed by atoms with Crippen LogP contribution < -0.4 is 10.6 Å². The van der Waals surface area contributed by atoms with Gasteiger partial charge in [-0.3, -0.25) is 9.69 Å². The van der Waals surface area contributed by atoms with Crippen LogP contribution in [-0.4, -0.2) is 49.8 Å². The van der Waals surface area contributed by atoms with Crippen molar-refractivity contribution in [2.75, 3.05) is 32.1 Å². The van der Waals surface area contributed by atoms with E-state index in [1.165, 1.54) is 24.8 Å². The number of amides is 2. The van der Waals surface area contributed by atoms with Gasteiger partial charge in [0.2, 0.25) is 0 Å². The largest absolute Gasteiger partial charge is 0.453 e. The third-order valence-corrected chi connectivity index (χ3v) is 6.28. The summed E-state index contributed by atoms with van der Waals surface area (Å²) >= 11 is 0. The molecule has 37 heavy (non-hydrogen) atoms. The number of benzene rings is 3. The first kappa shape index (κ1) is 26.2. The Balaban J connectivity index is 1.42. The van der Waals surface area contributed by atoms with Gasteiger partial charge in [0, 0.05) is 37.4 Å². The Hall–Kier alpha value is -3.85. The van der Waals surface area contributed by atoms with Crippen LogP contribution in [0.4, 0.5) is 23.7 Å². The van der Waals surface area contributed by atoms with E-state index in [2.05, 4.69) is 20.3 Å². The van der Waals surface area contributed by atoms with Crippen molar-refractivity contribution in [3.63, 3.8) is 0 Å². The van der Waals surface area contributed by atoms with Crippen molar-refractivity contribution < 1.29 is 27.5 Å². The summed E-state index contributed by atoms with van der Waals surface area (Å²) in [4.78, 5) is 26.6. The average molecular weight is 512 g/mol. The Morgan fingerprint density at radius 2 is 1.76 bits per heavy atom. The van der Waals surface area contributed by atoms with Gasteiger partial charge in [-0.15, -0.1) is 0 Å². The zero-order chi connectivity index (χ0) is 26.4. The van der Waals surface area contributed by atoms with Crippen LogP contribution in [0.25, 0.3) is 11.1 Å². The normalized spacial score (nSPS) is 13.5. The van der Waals surface area contributed by atoms with Gasteiger partial charge in [-0.05, 0) is 52.4 Å². The van der Waals surface area contributed by atoms with Crippen LogP contribution in [0.1, 0.15) is 27.0 Å². The molecule has 0 saturated carbocycles. The van der Waals surface area contributed by atoms with Gasteiger partial charge in [-0.1, -0.05) is 48.5 Å². The number of halogens is 3. The summed E-state index contributed by atoms with van der Waals surface area (Å²) in [6.45, 7) is 2.79. The van der Waals surface area contributed by atoms with Crippen LogP contribution in [0.15, 0.2) is 66.7 Å². The summed E-state index contributed by atoms with van der Waals surface area (Å²) in [5.41, 5.74) is 4.93. The molecule has 2 amide bonds. The van der Waals surface area contributed by atoms with Gasteiger partial charge in [-0.25, -0.2) is 4.79 Å². The van der Waals surface area contributed by atoms with Crippen molar-refractivity contribution >= 4 is 17.7 Å². The fourth-order valence-corrected chi connectivity index (χ4v) is 4.43. The Labute approximate surface area is 213 Å². The number of hydrogen-bond acceptors (Lipinski definition) is 4. The van der Waals surface area contributed by atoms with Gasteiger partial charge < -0.3 is 15.4 Å². The molecule has 0 aliphatic carbocycles. The predicted molar refractivity (Wildman–Crippen MR) is 135 cm³/mol. The second-order valence-electron chi connectivity index (χ2n) is 8.92. The standard InChI is InChI=1S/C28H28F3N3O3/c1-37-27(36)32-13-15-34-14-12-21-16-23(11-10-22(21)18-34)33-26(35)25-5-3-2-4-24(25)20-8-6-19(7-9-20)17-28(29,30)31/h2-11,16H,12-15,17-18H2,1H3,(H,32,36)(H,33,35). The Bertz CT molecular complexity index is 1260. The molecule has 3 aromatic carbocycles. The van der Waals surface area contributed by atoms with Crippen molar-refractivity contribution in [1.82, 2.24) is 10.2 Å². The summed E-state index contributed by atoms with van der Waals surface area (Å²) in [6.07, 6.45) is -4.89. The van der Waals surface area contributed by atoms with Crippen LogP contribution in [0, 0.1) is 0 Å². The van der Waals surface area contributed by atoms with Gasteiger partial charge in [0.15, 0.2) is 0 Å². The third kappa shape index (κ3) is 7.10. The van der Waals surface area contributed by atoms with E-state index in [9.17, 15) is 22.8 Å². The van der Waals surface area contributed by atoms with E-state index in [4.69, 9.17) is 0 Å². The molecule has 2 N–H and O–H groups in total. The molecule has 0 bridgehead atoms. The first-order valence-electron chi connectivity index (χ1n) is 11.9. The highest BCUT2D eigenvalue weighted by Gasteiger charge is 2.27. The third-order valence-electron chi connectivity index (χ3n) is 6.28. The number of carbonyl (C=O) groups is 2. The number of nitrogens with zero attached hydrogens (tertiary/aromatic N) is 1. The molecule has 0 unspecified atom stereocenters. The zero-order valence-electron chi connectivity index (χ0n) is 20.4. The summed E-state index contributed by atoms with van der Waals surface area (Å²) in [5.74, 6) is -0.291. The SMILES string of the molecule is COC(=O)NCCN1CCc2cc(NC(=O)c3ccccc3-c3ccc(CC(F)(F)F)cc3)ccc2C1. The van der Waals surface area contributed by atoms with Gasteiger partial charge in [0.05, 0.1) is 13.5 Å². The number of alkyl carbamates (subject to hydrolysis) is 1. The fraction of sp³-hybridized carbons (Fsp3) is 0.286. The lowest BCUT2D eigenvalue weighted by molar-refractivity contribution is -0.127. The van der Waals surface area contributed by atoms with E-state index < -0.39 is 18.7 Å². The lowest BCUT2D eigenvalue weighted by atomic mass is 9.97. The molecular weight excluding hydrogens is 483 g/mol. The maximum atomic E-state index is 13.2. The van der Waals surface area contributed by atoms with Crippen LogP contribution in [0.2, 0.25) is 0 Å². The highest BCUT2D eigenvalue weighted by atomic mass is 19.4. The van der Waals surface area contributed by atoms with Gasteiger partial charge >= 0.3 is 12.3 Å². The quantitative estimate of drug-likeness (QED) is 0.444. The maximum Gasteiger partial charge on any atom is 0.406 e. The van der Waals surface area contributed by atoms with Gasteiger partial charge in [0.25, 0.3) is 5.91 Å². The van der Waals surface area contributed by atoms with Crippen LogP contribution in [0.3, 0.4) is 0 Å². The van der Waals surface area contributed by atoms with E-state index in [1.54, 1.807) is 36.4 Å². The molecule has 3 aromatic rings. The second-order valence-corrected chi connectivity index (χ2v) is 8.92. The van der Waals surface area contributed by atoms with Crippen LogP contribution in [0.5, 0.6) is 0 Å². The van der Waals surface area contributed by atoms with E-state index >= 15 is 0 Å². The zero-order valence-corrected chi connectivity index (χ0v) is 20.4. The van der Waals surface area contributed by atoms with Crippen molar-refractivity contribution in [2.24, 2.45) is 0 Å². The minimum atomic E-state index is -4.27. The predicted octanol–water partition coefficient (Wildman–Crippen LogP) is 5.42. The van der Waals surface area contributed by atoms with Crippen LogP contribution in [-0.2, 0) is 24.1 Å². The summed E-state index contributed by atoms with van der Waals surface area (Å²) in [5, 5.41) is 5.64. The molecule has 0 fully saturated rings. The van der Waals surface area contributed by atoms with E-state index in [0.29, 0.717) is 35.5 Å². The summed E-state index contributed by atoms with van der Waals surface area (Å²) in [7, 11) is 1.33. The van der Waals surface area contributed by atoms with E-state index in [0.717, 1.165) is 25.1 Å². The molecule has 6 nitrogen and oxygen atoms in total. The average Bonchev–Trinajstić information content (AvgIpc) is 2.88. The highest BCUT2D eigenvalue weighted by molar-refractivity contribution is 6.08. The number of nitrogens with one attached hydrogen (secondary N) is 2.